The first-order chi connectivity index (χ1) is 8.70. The summed E-state index contributed by atoms with van der Waals surface area (Å²) in [5.41, 5.74) is 0. The molecule has 1 heterocycles. The van der Waals surface area contributed by atoms with E-state index in [2.05, 4.69) is 5.32 Å². The number of carbonyl (C=O) groups excluding carboxylic acids is 2. The van der Waals surface area contributed by atoms with Crippen molar-refractivity contribution in [3.63, 3.8) is 0 Å². The Kier molecular flexibility index (Phi) is 5.20. The number of hydrogen-bond acceptors (Lipinski definition) is 2. The highest BCUT2D eigenvalue weighted by Crippen LogP contribution is 2.23. The maximum absolute atomic E-state index is 12.1. The standard InChI is InChI=1S/C12H19F3N2O2/c1-8(2)6-9-11(19)16-7-10(18)17(9)5-3-4-12(13,14)15/h8-9H,3-7H2,1-2H3,(H,16,19). The van der Waals surface area contributed by atoms with Crippen molar-refractivity contribution < 1.29 is 22.8 Å². The Morgan fingerprint density at radius 3 is 2.53 bits per heavy atom. The van der Waals surface area contributed by atoms with Gasteiger partial charge in [0.2, 0.25) is 11.8 Å². The molecule has 1 saturated heterocycles. The summed E-state index contributed by atoms with van der Waals surface area (Å²) in [6.45, 7) is 3.66. The van der Waals surface area contributed by atoms with Crippen LogP contribution in [0.15, 0.2) is 0 Å². The first-order valence-electron chi connectivity index (χ1n) is 6.34. The molecular weight excluding hydrogens is 261 g/mol. The average molecular weight is 280 g/mol. The highest BCUT2D eigenvalue weighted by Gasteiger charge is 2.35. The summed E-state index contributed by atoms with van der Waals surface area (Å²) in [7, 11) is 0. The number of nitrogens with one attached hydrogen (secondary N) is 1. The number of hydrogen-bond donors (Lipinski definition) is 1. The molecule has 19 heavy (non-hydrogen) atoms. The molecule has 4 nitrogen and oxygen atoms in total. The van der Waals surface area contributed by atoms with Crippen molar-refractivity contribution in [3.8, 4) is 0 Å². The van der Waals surface area contributed by atoms with Gasteiger partial charge < -0.3 is 10.2 Å². The first-order valence-corrected chi connectivity index (χ1v) is 6.34. The zero-order chi connectivity index (χ0) is 14.6. The Morgan fingerprint density at radius 1 is 1.37 bits per heavy atom. The second kappa shape index (κ2) is 6.25. The van der Waals surface area contributed by atoms with E-state index in [0.29, 0.717) is 6.42 Å². The molecule has 110 valence electrons. The van der Waals surface area contributed by atoms with Crippen LogP contribution in [0.3, 0.4) is 0 Å². The molecule has 0 aromatic carbocycles. The van der Waals surface area contributed by atoms with Gasteiger partial charge in [-0.25, -0.2) is 0 Å². The minimum Gasteiger partial charge on any atom is -0.345 e. The Hall–Kier alpha value is -1.27. The third-order valence-corrected chi connectivity index (χ3v) is 2.97. The van der Waals surface area contributed by atoms with Gasteiger partial charge in [-0.15, -0.1) is 0 Å². The summed E-state index contributed by atoms with van der Waals surface area (Å²) >= 11 is 0. The number of rotatable bonds is 5. The summed E-state index contributed by atoms with van der Waals surface area (Å²) in [5, 5.41) is 2.47. The van der Waals surface area contributed by atoms with Crippen LogP contribution in [-0.2, 0) is 9.59 Å². The molecule has 0 aliphatic carbocycles. The minimum absolute atomic E-state index is 0.0247. The van der Waals surface area contributed by atoms with Gasteiger partial charge in [0.1, 0.15) is 6.04 Å². The smallest absolute Gasteiger partial charge is 0.345 e. The maximum atomic E-state index is 12.1. The summed E-state index contributed by atoms with van der Waals surface area (Å²) in [6, 6.07) is -0.644. The fraction of sp³-hybridized carbons (Fsp3) is 0.833. The summed E-state index contributed by atoms with van der Waals surface area (Å²) in [5.74, 6) is -0.403. The van der Waals surface area contributed by atoms with Crippen LogP contribution in [0.2, 0.25) is 0 Å². The van der Waals surface area contributed by atoms with E-state index in [4.69, 9.17) is 0 Å². The second-order valence-corrected chi connectivity index (χ2v) is 5.17. The number of piperazine rings is 1. The lowest BCUT2D eigenvalue weighted by Crippen LogP contribution is -2.58. The van der Waals surface area contributed by atoms with Crippen molar-refractivity contribution in [1.29, 1.82) is 0 Å². The molecule has 1 fully saturated rings. The highest BCUT2D eigenvalue weighted by atomic mass is 19.4. The van der Waals surface area contributed by atoms with Crippen LogP contribution in [0.5, 0.6) is 0 Å². The fourth-order valence-corrected chi connectivity index (χ4v) is 2.11. The molecule has 2 amide bonds. The molecule has 0 bridgehead atoms. The number of alkyl halides is 3. The zero-order valence-electron chi connectivity index (χ0n) is 11.1. The van der Waals surface area contributed by atoms with E-state index in [0.717, 1.165) is 0 Å². The molecule has 1 rings (SSSR count). The maximum Gasteiger partial charge on any atom is 0.389 e. The normalized spacial score (nSPS) is 20.9. The van der Waals surface area contributed by atoms with Gasteiger partial charge in [-0.2, -0.15) is 13.2 Å². The molecule has 1 atom stereocenters. The van der Waals surface area contributed by atoms with E-state index in [1.165, 1.54) is 4.90 Å². The Labute approximate surface area is 110 Å². The van der Waals surface area contributed by atoms with Gasteiger partial charge in [-0.1, -0.05) is 13.8 Å². The quantitative estimate of drug-likeness (QED) is 0.833. The lowest BCUT2D eigenvalue weighted by Gasteiger charge is -2.36. The molecule has 1 N–H and O–H groups in total. The summed E-state index contributed by atoms with van der Waals surface area (Å²) in [4.78, 5) is 24.7. The van der Waals surface area contributed by atoms with Crippen molar-refractivity contribution in [2.75, 3.05) is 13.1 Å². The molecule has 0 spiro atoms. The topological polar surface area (TPSA) is 49.4 Å². The Balaban J connectivity index is 2.62. The number of carbonyl (C=O) groups is 2. The number of nitrogens with zero attached hydrogens (tertiary/aromatic N) is 1. The SMILES string of the molecule is CC(C)CC1C(=O)NCC(=O)N1CCCC(F)(F)F. The van der Waals surface area contributed by atoms with Crippen LogP contribution in [0, 0.1) is 5.92 Å². The van der Waals surface area contributed by atoms with Crippen molar-refractivity contribution >= 4 is 11.8 Å². The monoisotopic (exact) mass is 280 g/mol. The van der Waals surface area contributed by atoms with Crippen LogP contribution < -0.4 is 5.32 Å². The van der Waals surface area contributed by atoms with Gasteiger partial charge in [-0.3, -0.25) is 9.59 Å². The van der Waals surface area contributed by atoms with Crippen LogP contribution in [0.4, 0.5) is 13.2 Å². The largest absolute Gasteiger partial charge is 0.389 e. The average Bonchev–Trinajstić information content (AvgIpc) is 2.25. The van der Waals surface area contributed by atoms with E-state index in [9.17, 15) is 22.8 Å². The second-order valence-electron chi connectivity index (χ2n) is 5.17. The predicted molar refractivity (Wildman–Crippen MR) is 63.3 cm³/mol. The van der Waals surface area contributed by atoms with E-state index < -0.39 is 18.6 Å². The lowest BCUT2D eigenvalue weighted by atomic mass is 9.99. The van der Waals surface area contributed by atoms with Crippen molar-refractivity contribution in [3.05, 3.63) is 0 Å². The molecule has 1 aliphatic rings. The highest BCUT2D eigenvalue weighted by molar-refractivity contribution is 5.94. The molecule has 0 radical (unpaired) electrons. The van der Waals surface area contributed by atoms with Crippen molar-refractivity contribution in [2.24, 2.45) is 5.92 Å². The van der Waals surface area contributed by atoms with Gasteiger partial charge in [0.05, 0.1) is 6.54 Å². The molecular formula is C12H19F3N2O2. The molecule has 0 saturated carbocycles. The van der Waals surface area contributed by atoms with Crippen molar-refractivity contribution in [2.45, 2.75) is 45.3 Å². The molecule has 1 aliphatic heterocycles. The van der Waals surface area contributed by atoms with Gasteiger partial charge in [0.25, 0.3) is 0 Å². The van der Waals surface area contributed by atoms with Crippen LogP contribution >= 0.6 is 0 Å². The molecule has 7 heteroatoms. The fourth-order valence-electron chi connectivity index (χ4n) is 2.11. The molecule has 0 aromatic rings. The predicted octanol–water partition coefficient (Wildman–Crippen LogP) is 1.70. The lowest BCUT2D eigenvalue weighted by molar-refractivity contribution is -0.149. The van der Waals surface area contributed by atoms with Crippen LogP contribution in [0.25, 0.3) is 0 Å². The molecule has 1 unspecified atom stereocenters. The first kappa shape index (κ1) is 15.8. The minimum atomic E-state index is -4.23. The van der Waals surface area contributed by atoms with E-state index in [1.54, 1.807) is 0 Å². The Morgan fingerprint density at radius 2 is 2.00 bits per heavy atom. The summed E-state index contributed by atoms with van der Waals surface area (Å²) in [6.07, 6.45) is -4.87. The van der Waals surface area contributed by atoms with E-state index in [-0.39, 0.29) is 37.2 Å². The van der Waals surface area contributed by atoms with Crippen LogP contribution in [0.1, 0.15) is 33.1 Å². The van der Waals surface area contributed by atoms with Crippen LogP contribution in [-0.4, -0.2) is 42.0 Å². The van der Waals surface area contributed by atoms with Gasteiger partial charge in [0, 0.05) is 13.0 Å². The van der Waals surface area contributed by atoms with Gasteiger partial charge in [-0.05, 0) is 18.8 Å². The van der Waals surface area contributed by atoms with E-state index >= 15 is 0 Å². The third-order valence-electron chi connectivity index (χ3n) is 2.97. The third kappa shape index (κ3) is 5.08. The Bertz CT molecular complexity index is 342. The van der Waals surface area contributed by atoms with Crippen molar-refractivity contribution in [1.82, 2.24) is 10.2 Å². The number of amides is 2. The summed E-state index contributed by atoms with van der Waals surface area (Å²) < 4.78 is 36.3. The van der Waals surface area contributed by atoms with Gasteiger partial charge >= 0.3 is 6.18 Å². The molecule has 0 aromatic heterocycles. The van der Waals surface area contributed by atoms with E-state index in [1.807, 2.05) is 13.8 Å². The number of halogens is 3. The zero-order valence-corrected chi connectivity index (χ0v) is 11.1. The van der Waals surface area contributed by atoms with Gasteiger partial charge in [0.15, 0.2) is 0 Å².